The van der Waals surface area contributed by atoms with Crippen LogP contribution < -0.4 is 10.1 Å². The van der Waals surface area contributed by atoms with Gasteiger partial charge in [0.25, 0.3) is 0 Å². The molecule has 2 rings (SSSR count). The highest BCUT2D eigenvalue weighted by Crippen LogP contribution is 2.28. The Labute approximate surface area is 115 Å². The SMILES string of the molecule is COc1ccc(C)cc1S(=O)(=O)CC1CCNCC1. The summed E-state index contributed by atoms with van der Waals surface area (Å²) in [6, 6.07) is 5.29. The van der Waals surface area contributed by atoms with Crippen molar-refractivity contribution in [2.24, 2.45) is 5.92 Å². The number of piperidine rings is 1. The Balaban J connectivity index is 2.25. The molecule has 0 unspecified atom stereocenters. The fraction of sp³-hybridized carbons (Fsp3) is 0.571. The van der Waals surface area contributed by atoms with Crippen LogP contribution in [0.2, 0.25) is 0 Å². The van der Waals surface area contributed by atoms with Crippen LogP contribution in [0.4, 0.5) is 0 Å². The smallest absolute Gasteiger partial charge is 0.182 e. The molecule has 1 N–H and O–H groups in total. The number of ether oxygens (including phenoxy) is 1. The molecule has 19 heavy (non-hydrogen) atoms. The first-order valence-electron chi connectivity index (χ1n) is 6.61. The molecule has 1 fully saturated rings. The summed E-state index contributed by atoms with van der Waals surface area (Å²) in [5, 5.41) is 3.25. The van der Waals surface area contributed by atoms with E-state index in [1.54, 1.807) is 12.1 Å². The first-order chi connectivity index (χ1) is 9.03. The van der Waals surface area contributed by atoms with Crippen molar-refractivity contribution in [3.63, 3.8) is 0 Å². The predicted octanol–water partition coefficient (Wildman–Crippen LogP) is 1.78. The molecule has 0 spiro atoms. The molecule has 1 aromatic rings. The summed E-state index contributed by atoms with van der Waals surface area (Å²) in [7, 11) is -1.77. The maximum absolute atomic E-state index is 12.5. The Bertz CT molecular complexity index is 534. The van der Waals surface area contributed by atoms with E-state index in [1.807, 2.05) is 13.0 Å². The molecule has 1 aliphatic rings. The van der Waals surface area contributed by atoms with Crippen LogP contribution in [0, 0.1) is 12.8 Å². The summed E-state index contributed by atoms with van der Waals surface area (Å²) in [6.07, 6.45) is 1.85. The van der Waals surface area contributed by atoms with Crippen LogP contribution in [0.25, 0.3) is 0 Å². The molecule has 0 aromatic heterocycles. The first-order valence-corrected chi connectivity index (χ1v) is 8.26. The number of rotatable bonds is 4. The normalized spacial score (nSPS) is 17.4. The molecule has 0 amide bonds. The average molecular weight is 283 g/mol. The van der Waals surface area contributed by atoms with Gasteiger partial charge in [-0.05, 0) is 56.5 Å². The van der Waals surface area contributed by atoms with Crippen molar-refractivity contribution in [3.8, 4) is 5.75 Å². The third kappa shape index (κ3) is 3.48. The molecule has 0 saturated carbocycles. The van der Waals surface area contributed by atoms with Gasteiger partial charge in [0, 0.05) is 0 Å². The number of benzene rings is 1. The Hall–Kier alpha value is -1.07. The third-order valence-electron chi connectivity index (χ3n) is 3.57. The Morgan fingerprint density at radius 2 is 2.00 bits per heavy atom. The van der Waals surface area contributed by atoms with Gasteiger partial charge in [-0.25, -0.2) is 8.42 Å². The molecule has 4 nitrogen and oxygen atoms in total. The second-order valence-corrected chi connectivity index (χ2v) is 7.13. The van der Waals surface area contributed by atoms with Crippen molar-refractivity contribution >= 4 is 9.84 Å². The summed E-state index contributed by atoms with van der Waals surface area (Å²) in [5.74, 6) is 0.908. The molecule has 0 aliphatic carbocycles. The molecule has 0 bridgehead atoms. The van der Waals surface area contributed by atoms with E-state index in [0.717, 1.165) is 31.5 Å². The lowest BCUT2D eigenvalue weighted by atomic mass is 10.0. The number of sulfone groups is 1. The number of aryl methyl sites for hydroxylation is 1. The van der Waals surface area contributed by atoms with Gasteiger partial charge in [-0.2, -0.15) is 0 Å². The Morgan fingerprint density at radius 1 is 1.32 bits per heavy atom. The molecule has 5 heteroatoms. The predicted molar refractivity (Wildman–Crippen MR) is 75.4 cm³/mol. The lowest BCUT2D eigenvalue weighted by Gasteiger charge is -2.22. The van der Waals surface area contributed by atoms with E-state index < -0.39 is 9.84 Å². The van der Waals surface area contributed by atoms with Gasteiger partial charge in [0.15, 0.2) is 9.84 Å². The van der Waals surface area contributed by atoms with E-state index in [9.17, 15) is 8.42 Å². The minimum atomic E-state index is -3.28. The number of hydrogen-bond donors (Lipinski definition) is 1. The maximum atomic E-state index is 12.5. The molecule has 106 valence electrons. The van der Waals surface area contributed by atoms with Gasteiger partial charge in [-0.1, -0.05) is 6.07 Å². The van der Waals surface area contributed by atoms with Gasteiger partial charge in [-0.15, -0.1) is 0 Å². The monoisotopic (exact) mass is 283 g/mol. The zero-order chi connectivity index (χ0) is 13.9. The molecular weight excluding hydrogens is 262 g/mol. The fourth-order valence-electron chi connectivity index (χ4n) is 2.48. The molecule has 1 heterocycles. The molecule has 0 radical (unpaired) electrons. The zero-order valence-electron chi connectivity index (χ0n) is 11.5. The van der Waals surface area contributed by atoms with Crippen molar-refractivity contribution < 1.29 is 13.2 Å². The van der Waals surface area contributed by atoms with E-state index in [1.165, 1.54) is 7.11 Å². The first kappa shape index (κ1) is 14.3. The minimum absolute atomic E-state index is 0.217. The largest absolute Gasteiger partial charge is 0.495 e. The van der Waals surface area contributed by atoms with E-state index >= 15 is 0 Å². The van der Waals surface area contributed by atoms with E-state index in [4.69, 9.17) is 4.74 Å². The van der Waals surface area contributed by atoms with Crippen LogP contribution in [-0.4, -0.2) is 34.4 Å². The molecule has 1 aromatic carbocycles. The van der Waals surface area contributed by atoms with Gasteiger partial charge in [0.1, 0.15) is 10.6 Å². The van der Waals surface area contributed by atoms with Crippen molar-refractivity contribution in [3.05, 3.63) is 23.8 Å². The topological polar surface area (TPSA) is 55.4 Å². The van der Waals surface area contributed by atoms with Crippen LogP contribution in [0.5, 0.6) is 5.75 Å². The van der Waals surface area contributed by atoms with Crippen LogP contribution in [-0.2, 0) is 9.84 Å². The summed E-state index contributed by atoms with van der Waals surface area (Å²) < 4.78 is 30.2. The summed E-state index contributed by atoms with van der Waals surface area (Å²) in [5.41, 5.74) is 0.935. The molecule has 0 atom stereocenters. The quantitative estimate of drug-likeness (QED) is 0.915. The fourth-order valence-corrected chi connectivity index (χ4v) is 4.43. The van der Waals surface area contributed by atoms with Crippen LogP contribution in [0.15, 0.2) is 23.1 Å². The van der Waals surface area contributed by atoms with Crippen molar-refractivity contribution in [1.82, 2.24) is 5.32 Å². The van der Waals surface area contributed by atoms with Crippen molar-refractivity contribution in [2.75, 3.05) is 26.0 Å². The van der Waals surface area contributed by atoms with Gasteiger partial charge in [0.05, 0.1) is 12.9 Å². The van der Waals surface area contributed by atoms with Crippen LogP contribution in [0.3, 0.4) is 0 Å². The highest BCUT2D eigenvalue weighted by Gasteiger charge is 2.25. The van der Waals surface area contributed by atoms with Gasteiger partial charge in [0.2, 0.25) is 0 Å². The highest BCUT2D eigenvalue weighted by molar-refractivity contribution is 7.91. The lowest BCUT2D eigenvalue weighted by Crippen LogP contribution is -2.31. The second kappa shape index (κ2) is 5.92. The Kier molecular flexibility index (Phi) is 4.47. The number of nitrogens with one attached hydrogen (secondary N) is 1. The second-order valence-electron chi connectivity index (χ2n) is 5.13. The van der Waals surface area contributed by atoms with Crippen molar-refractivity contribution in [1.29, 1.82) is 0 Å². The average Bonchev–Trinajstić information content (AvgIpc) is 2.39. The van der Waals surface area contributed by atoms with Gasteiger partial charge >= 0.3 is 0 Å². The maximum Gasteiger partial charge on any atom is 0.182 e. The van der Waals surface area contributed by atoms with Gasteiger partial charge in [-0.3, -0.25) is 0 Å². The zero-order valence-corrected chi connectivity index (χ0v) is 12.3. The Morgan fingerprint density at radius 3 is 2.63 bits per heavy atom. The summed E-state index contributed by atoms with van der Waals surface area (Å²) in [4.78, 5) is 0.327. The van der Waals surface area contributed by atoms with Gasteiger partial charge < -0.3 is 10.1 Å². The minimum Gasteiger partial charge on any atom is -0.495 e. The molecular formula is C14H21NO3S. The highest BCUT2D eigenvalue weighted by atomic mass is 32.2. The molecule has 1 saturated heterocycles. The van der Waals surface area contributed by atoms with E-state index in [0.29, 0.717) is 10.6 Å². The van der Waals surface area contributed by atoms with Crippen molar-refractivity contribution in [2.45, 2.75) is 24.7 Å². The standard InChI is InChI=1S/C14H21NO3S/c1-11-3-4-13(18-2)14(9-11)19(16,17)10-12-5-7-15-8-6-12/h3-4,9,12,15H,5-8,10H2,1-2H3. The molecule has 1 aliphatic heterocycles. The third-order valence-corrected chi connectivity index (χ3v) is 5.47. The van der Waals surface area contributed by atoms with Crippen LogP contribution in [0.1, 0.15) is 18.4 Å². The number of methoxy groups -OCH3 is 1. The lowest BCUT2D eigenvalue weighted by molar-refractivity contribution is 0.394. The summed E-state index contributed by atoms with van der Waals surface area (Å²) >= 11 is 0. The van der Waals surface area contributed by atoms with Crippen LogP contribution >= 0.6 is 0 Å². The number of hydrogen-bond acceptors (Lipinski definition) is 4. The summed E-state index contributed by atoms with van der Waals surface area (Å²) in [6.45, 7) is 3.71. The van der Waals surface area contributed by atoms with E-state index in [-0.39, 0.29) is 11.7 Å². The van der Waals surface area contributed by atoms with E-state index in [2.05, 4.69) is 5.32 Å².